The second-order valence-electron chi connectivity index (χ2n) is 5.66. The van der Waals surface area contributed by atoms with Gasteiger partial charge >= 0.3 is 5.97 Å². The first-order valence-corrected chi connectivity index (χ1v) is 8.28. The van der Waals surface area contributed by atoms with Crippen molar-refractivity contribution in [3.05, 3.63) is 53.1 Å². The fourth-order valence-corrected chi connectivity index (χ4v) is 2.48. The van der Waals surface area contributed by atoms with Gasteiger partial charge in [0.15, 0.2) is 6.61 Å². The van der Waals surface area contributed by atoms with Crippen LogP contribution in [0, 0.1) is 6.92 Å². The van der Waals surface area contributed by atoms with E-state index in [1.54, 1.807) is 25.1 Å². The van der Waals surface area contributed by atoms with Crippen molar-refractivity contribution >= 4 is 17.8 Å². The maximum Gasteiger partial charge on any atom is 0.338 e. The third-order valence-corrected chi connectivity index (χ3v) is 3.93. The molecule has 2 aromatic carbocycles. The minimum atomic E-state index is -0.768. The number of hydrogen-bond donors (Lipinski definition) is 1. The lowest BCUT2D eigenvalue weighted by Gasteiger charge is -2.12. The molecule has 0 aromatic heterocycles. The highest BCUT2D eigenvalue weighted by atomic mass is 16.5. The van der Waals surface area contributed by atoms with Gasteiger partial charge in [0.25, 0.3) is 11.8 Å². The summed E-state index contributed by atoms with van der Waals surface area (Å²) in [7, 11) is 4.35. The van der Waals surface area contributed by atoms with Crippen LogP contribution in [-0.2, 0) is 9.53 Å². The molecule has 0 atom stereocenters. The topological polar surface area (TPSA) is 100 Å². The Morgan fingerprint density at radius 3 is 2.04 bits per heavy atom. The molecule has 0 fully saturated rings. The fourth-order valence-electron chi connectivity index (χ4n) is 2.48. The smallest absolute Gasteiger partial charge is 0.338 e. The van der Waals surface area contributed by atoms with Gasteiger partial charge in [-0.25, -0.2) is 4.79 Å². The zero-order valence-electron chi connectivity index (χ0n) is 16.0. The SMILES string of the molecule is COc1ccccc1C(=O)NC(=O)COC(=O)c1cc(OC)c(C)c(OC)c1. The highest BCUT2D eigenvalue weighted by Gasteiger charge is 2.18. The summed E-state index contributed by atoms with van der Waals surface area (Å²) in [6.07, 6.45) is 0. The Bertz CT molecular complexity index is 867. The maximum absolute atomic E-state index is 12.2. The number of methoxy groups -OCH3 is 3. The Kier molecular flexibility index (Phi) is 6.97. The molecule has 0 saturated carbocycles. The lowest BCUT2D eigenvalue weighted by atomic mass is 10.1. The van der Waals surface area contributed by atoms with E-state index in [0.29, 0.717) is 17.2 Å². The number of rotatable bonds is 7. The fraction of sp³-hybridized carbons (Fsp3) is 0.250. The van der Waals surface area contributed by atoms with Gasteiger partial charge in [0.05, 0.1) is 32.5 Å². The molecule has 2 rings (SSSR count). The van der Waals surface area contributed by atoms with E-state index in [1.165, 1.54) is 39.5 Å². The summed E-state index contributed by atoms with van der Waals surface area (Å²) in [5, 5.41) is 2.15. The number of esters is 1. The molecule has 28 heavy (non-hydrogen) atoms. The quantitative estimate of drug-likeness (QED) is 0.727. The second kappa shape index (κ2) is 9.40. The van der Waals surface area contributed by atoms with Crippen LogP contribution in [-0.4, -0.2) is 45.7 Å². The molecule has 8 nitrogen and oxygen atoms in total. The number of ether oxygens (including phenoxy) is 4. The van der Waals surface area contributed by atoms with E-state index in [1.807, 2.05) is 0 Å². The van der Waals surface area contributed by atoms with E-state index in [0.717, 1.165) is 5.56 Å². The molecule has 8 heteroatoms. The number of imide groups is 1. The van der Waals surface area contributed by atoms with Crippen LogP contribution >= 0.6 is 0 Å². The number of benzene rings is 2. The van der Waals surface area contributed by atoms with Crippen LogP contribution in [0.15, 0.2) is 36.4 Å². The lowest BCUT2D eigenvalue weighted by Crippen LogP contribution is -2.34. The van der Waals surface area contributed by atoms with Gasteiger partial charge in [-0.15, -0.1) is 0 Å². The second-order valence-corrected chi connectivity index (χ2v) is 5.66. The number of hydrogen-bond acceptors (Lipinski definition) is 7. The van der Waals surface area contributed by atoms with Crippen LogP contribution in [0.1, 0.15) is 26.3 Å². The van der Waals surface area contributed by atoms with Crippen molar-refractivity contribution in [2.75, 3.05) is 27.9 Å². The molecule has 0 aliphatic rings. The van der Waals surface area contributed by atoms with E-state index >= 15 is 0 Å². The Labute approximate surface area is 162 Å². The van der Waals surface area contributed by atoms with Gasteiger partial charge in [0, 0.05) is 5.56 Å². The summed E-state index contributed by atoms with van der Waals surface area (Å²) in [4.78, 5) is 36.4. The molecule has 0 aliphatic carbocycles. The highest BCUT2D eigenvalue weighted by Crippen LogP contribution is 2.29. The summed E-state index contributed by atoms with van der Waals surface area (Å²) in [5.74, 6) is -0.961. The molecule has 0 unspecified atom stereocenters. The van der Waals surface area contributed by atoms with Crippen LogP contribution in [0.5, 0.6) is 17.2 Å². The van der Waals surface area contributed by atoms with Gasteiger partial charge in [0.2, 0.25) is 0 Å². The van der Waals surface area contributed by atoms with Gasteiger partial charge in [-0.3, -0.25) is 14.9 Å². The first-order chi connectivity index (χ1) is 13.4. The molecule has 0 heterocycles. The molecule has 1 N–H and O–H groups in total. The average molecular weight is 387 g/mol. The zero-order valence-corrected chi connectivity index (χ0v) is 16.0. The molecular formula is C20H21NO7. The number of nitrogens with one attached hydrogen (secondary N) is 1. The van der Waals surface area contributed by atoms with Crippen LogP contribution in [0.25, 0.3) is 0 Å². The van der Waals surface area contributed by atoms with Crippen molar-refractivity contribution in [1.29, 1.82) is 0 Å². The van der Waals surface area contributed by atoms with Crippen molar-refractivity contribution < 1.29 is 33.3 Å². The van der Waals surface area contributed by atoms with E-state index in [2.05, 4.69) is 5.32 Å². The average Bonchev–Trinajstić information content (AvgIpc) is 2.71. The highest BCUT2D eigenvalue weighted by molar-refractivity contribution is 6.07. The monoisotopic (exact) mass is 387 g/mol. The molecular weight excluding hydrogens is 366 g/mol. The van der Waals surface area contributed by atoms with Gasteiger partial charge in [0.1, 0.15) is 17.2 Å². The standard InChI is InChI=1S/C20H21NO7/c1-12-16(26-3)9-13(10-17(12)27-4)20(24)28-11-18(22)21-19(23)14-7-5-6-8-15(14)25-2/h5-10H,11H2,1-4H3,(H,21,22,23). The minimum Gasteiger partial charge on any atom is -0.496 e. The van der Waals surface area contributed by atoms with Crippen molar-refractivity contribution in [2.45, 2.75) is 6.92 Å². The van der Waals surface area contributed by atoms with Crippen molar-refractivity contribution in [2.24, 2.45) is 0 Å². The summed E-state index contributed by atoms with van der Waals surface area (Å²) in [6.45, 7) is 1.15. The summed E-state index contributed by atoms with van der Waals surface area (Å²) < 4.78 is 20.5. The Morgan fingerprint density at radius 1 is 0.893 bits per heavy atom. The summed E-state index contributed by atoms with van der Waals surface area (Å²) in [6, 6.07) is 9.41. The number of amides is 2. The molecule has 0 bridgehead atoms. The molecule has 2 aromatic rings. The summed E-state index contributed by atoms with van der Waals surface area (Å²) in [5.41, 5.74) is 1.07. The van der Waals surface area contributed by atoms with E-state index < -0.39 is 24.4 Å². The molecule has 0 radical (unpaired) electrons. The van der Waals surface area contributed by atoms with E-state index in [9.17, 15) is 14.4 Å². The van der Waals surface area contributed by atoms with Crippen LogP contribution in [0.3, 0.4) is 0 Å². The molecule has 0 aliphatic heterocycles. The maximum atomic E-state index is 12.2. The van der Waals surface area contributed by atoms with Crippen molar-refractivity contribution in [3.8, 4) is 17.2 Å². The molecule has 0 spiro atoms. The normalized spacial score (nSPS) is 10.0. The number of carbonyl (C=O) groups excluding carboxylic acids is 3. The molecule has 2 amide bonds. The Hall–Kier alpha value is -3.55. The third kappa shape index (κ3) is 4.79. The van der Waals surface area contributed by atoms with Crippen LogP contribution < -0.4 is 19.5 Å². The summed E-state index contributed by atoms with van der Waals surface area (Å²) >= 11 is 0. The largest absolute Gasteiger partial charge is 0.496 e. The lowest BCUT2D eigenvalue weighted by molar-refractivity contribution is -0.123. The first kappa shape index (κ1) is 20.8. The number of carbonyl (C=O) groups is 3. The van der Waals surface area contributed by atoms with Crippen LogP contribution in [0.2, 0.25) is 0 Å². The number of para-hydroxylation sites is 1. The van der Waals surface area contributed by atoms with Gasteiger partial charge < -0.3 is 18.9 Å². The Morgan fingerprint density at radius 2 is 1.46 bits per heavy atom. The van der Waals surface area contributed by atoms with Crippen molar-refractivity contribution in [3.63, 3.8) is 0 Å². The van der Waals surface area contributed by atoms with E-state index in [-0.39, 0.29) is 11.1 Å². The predicted molar refractivity (Wildman–Crippen MR) is 100 cm³/mol. The zero-order chi connectivity index (χ0) is 20.7. The molecule has 0 saturated heterocycles. The van der Waals surface area contributed by atoms with Crippen molar-refractivity contribution in [1.82, 2.24) is 5.32 Å². The Balaban J connectivity index is 2.01. The molecule has 148 valence electrons. The predicted octanol–water partition coefficient (Wildman–Crippen LogP) is 2.13. The first-order valence-electron chi connectivity index (χ1n) is 8.28. The van der Waals surface area contributed by atoms with Crippen LogP contribution in [0.4, 0.5) is 0 Å². The van der Waals surface area contributed by atoms with Gasteiger partial charge in [-0.1, -0.05) is 12.1 Å². The minimum absolute atomic E-state index is 0.156. The van der Waals surface area contributed by atoms with E-state index in [4.69, 9.17) is 18.9 Å². The van der Waals surface area contributed by atoms with Gasteiger partial charge in [-0.05, 0) is 31.2 Å². The van der Waals surface area contributed by atoms with Gasteiger partial charge in [-0.2, -0.15) is 0 Å². The third-order valence-electron chi connectivity index (χ3n) is 3.93.